The number of carbonyl (C=O) groups excluding carboxylic acids is 1. The Labute approximate surface area is 121 Å². The number of nitrogens with zero attached hydrogens (tertiary/aromatic N) is 1. The second-order valence-electron chi connectivity index (χ2n) is 5.44. The maximum absolute atomic E-state index is 13.1. The summed E-state index contributed by atoms with van der Waals surface area (Å²) in [5.41, 5.74) is 5.71. The van der Waals surface area contributed by atoms with Crippen LogP contribution in [0.3, 0.4) is 0 Å². The number of benzene rings is 1. The normalized spacial score (nSPS) is 22.3. The Morgan fingerprint density at radius 3 is 2.80 bits per heavy atom. The van der Waals surface area contributed by atoms with Gasteiger partial charge in [-0.05, 0) is 36.6 Å². The molecule has 1 unspecified atom stereocenters. The number of halogens is 2. The van der Waals surface area contributed by atoms with Gasteiger partial charge in [-0.1, -0.05) is 6.92 Å². The van der Waals surface area contributed by atoms with Gasteiger partial charge in [-0.3, -0.25) is 4.79 Å². The van der Waals surface area contributed by atoms with Crippen molar-refractivity contribution in [2.45, 2.75) is 18.2 Å². The lowest BCUT2D eigenvalue weighted by molar-refractivity contribution is -0.127. The molecule has 2 N–H and O–H groups in total. The van der Waals surface area contributed by atoms with Crippen molar-refractivity contribution < 1.29 is 13.6 Å². The smallest absolute Gasteiger partial charge is 0.232 e. The quantitative estimate of drug-likeness (QED) is 0.868. The highest BCUT2D eigenvalue weighted by Gasteiger charge is 2.34. The molecule has 0 radical (unpaired) electrons. The molecule has 6 heteroatoms. The zero-order chi connectivity index (χ0) is 14.8. The molecule has 1 aromatic carbocycles. The van der Waals surface area contributed by atoms with E-state index in [0.717, 1.165) is 18.6 Å². The first-order chi connectivity index (χ1) is 9.43. The van der Waals surface area contributed by atoms with Crippen molar-refractivity contribution in [3.8, 4) is 0 Å². The second kappa shape index (κ2) is 6.10. The standard InChI is InChI=1S/C14H18F2N2OS/c1-14(8-17)4-5-18(9-14)13(19)7-20-10-2-3-11(15)12(16)6-10/h2-3,6H,4-5,7-9,17H2,1H3. The van der Waals surface area contributed by atoms with Gasteiger partial charge in [-0.15, -0.1) is 11.8 Å². The van der Waals surface area contributed by atoms with Crippen molar-refractivity contribution in [2.24, 2.45) is 11.1 Å². The predicted octanol–water partition coefficient (Wildman–Crippen LogP) is 2.25. The molecule has 20 heavy (non-hydrogen) atoms. The third-order valence-corrected chi connectivity index (χ3v) is 4.64. The number of hydrogen-bond donors (Lipinski definition) is 1. The Bertz CT molecular complexity index is 512. The highest BCUT2D eigenvalue weighted by atomic mass is 32.2. The van der Waals surface area contributed by atoms with E-state index in [0.29, 0.717) is 24.5 Å². The van der Waals surface area contributed by atoms with E-state index in [9.17, 15) is 13.6 Å². The maximum atomic E-state index is 13.1. The van der Waals surface area contributed by atoms with Crippen molar-refractivity contribution >= 4 is 17.7 Å². The van der Waals surface area contributed by atoms with Crippen LogP contribution in [0, 0.1) is 17.0 Å². The molecular formula is C14H18F2N2OS. The average Bonchev–Trinajstić information content (AvgIpc) is 2.83. The van der Waals surface area contributed by atoms with Gasteiger partial charge >= 0.3 is 0 Å². The van der Waals surface area contributed by atoms with E-state index < -0.39 is 11.6 Å². The predicted molar refractivity (Wildman–Crippen MR) is 75.4 cm³/mol. The molecule has 1 atom stereocenters. The molecule has 1 heterocycles. The van der Waals surface area contributed by atoms with Gasteiger partial charge < -0.3 is 10.6 Å². The van der Waals surface area contributed by atoms with Crippen molar-refractivity contribution in [2.75, 3.05) is 25.4 Å². The highest BCUT2D eigenvalue weighted by Crippen LogP contribution is 2.29. The van der Waals surface area contributed by atoms with Gasteiger partial charge in [-0.2, -0.15) is 0 Å². The summed E-state index contributed by atoms with van der Waals surface area (Å²) in [6.45, 7) is 4.02. The molecule has 3 nitrogen and oxygen atoms in total. The van der Waals surface area contributed by atoms with Crippen LogP contribution in [0.2, 0.25) is 0 Å². The lowest BCUT2D eigenvalue weighted by Gasteiger charge is -2.22. The Morgan fingerprint density at radius 2 is 2.20 bits per heavy atom. The van der Waals surface area contributed by atoms with Crippen molar-refractivity contribution in [1.29, 1.82) is 0 Å². The number of hydrogen-bond acceptors (Lipinski definition) is 3. The van der Waals surface area contributed by atoms with E-state index in [4.69, 9.17) is 5.73 Å². The SMILES string of the molecule is CC1(CN)CCN(C(=O)CSc2ccc(F)c(F)c2)C1. The Hall–Kier alpha value is -1.14. The van der Waals surface area contributed by atoms with Crippen LogP contribution in [-0.2, 0) is 4.79 Å². The number of thioether (sulfide) groups is 1. The van der Waals surface area contributed by atoms with Gasteiger partial charge in [0.15, 0.2) is 11.6 Å². The molecular weight excluding hydrogens is 282 g/mol. The fraction of sp³-hybridized carbons (Fsp3) is 0.500. The second-order valence-corrected chi connectivity index (χ2v) is 6.49. The third kappa shape index (κ3) is 3.49. The van der Waals surface area contributed by atoms with Gasteiger partial charge in [0.1, 0.15) is 0 Å². The monoisotopic (exact) mass is 300 g/mol. The topological polar surface area (TPSA) is 46.3 Å². The fourth-order valence-corrected chi connectivity index (χ4v) is 3.03. The lowest BCUT2D eigenvalue weighted by Crippen LogP contribution is -2.35. The first-order valence-electron chi connectivity index (χ1n) is 6.49. The van der Waals surface area contributed by atoms with Crippen LogP contribution in [-0.4, -0.2) is 36.2 Å². The molecule has 0 aromatic heterocycles. The fourth-order valence-electron chi connectivity index (χ4n) is 2.21. The summed E-state index contributed by atoms with van der Waals surface area (Å²) in [5.74, 6) is -1.53. The first-order valence-corrected chi connectivity index (χ1v) is 7.48. The minimum Gasteiger partial charge on any atom is -0.341 e. The highest BCUT2D eigenvalue weighted by molar-refractivity contribution is 8.00. The van der Waals surface area contributed by atoms with Crippen LogP contribution in [0.15, 0.2) is 23.1 Å². The largest absolute Gasteiger partial charge is 0.341 e. The number of nitrogens with two attached hydrogens (primary N) is 1. The molecule has 1 aliphatic heterocycles. The van der Waals surface area contributed by atoms with Crippen LogP contribution < -0.4 is 5.73 Å². The number of rotatable bonds is 4. The van der Waals surface area contributed by atoms with E-state index in [1.54, 1.807) is 4.90 Å². The molecule has 0 spiro atoms. The summed E-state index contributed by atoms with van der Waals surface area (Å²) in [4.78, 5) is 14.4. The van der Waals surface area contributed by atoms with Gasteiger partial charge in [-0.25, -0.2) is 8.78 Å². The molecule has 1 aromatic rings. The van der Waals surface area contributed by atoms with Gasteiger partial charge in [0.25, 0.3) is 0 Å². The molecule has 110 valence electrons. The first kappa shape index (κ1) is 15.3. The van der Waals surface area contributed by atoms with E-state index in [1.165, 1.54) is 17.8 Å². The zero-order valence-corrected chi connectivity index (χ0v) is 12.2. The molecule has 0 saturated carbocycles. The molecule has 1 amide bonds. The molecule has 1 aliphatic rings. The third-order valence-electron chi connectivity index (χ3n) is 3.66. The lowest BCUT2D eigenvalue weighted by atomic mass is 9.90. The van der Waals surface area contributed by atoms with E-state index in [1.807, 2.05) is 0 Å². The van der Waals surface area contributed by atoms with Gasteiger partial charge in [0.2, 0.25) is 5.91 Å². The molecule has 0 bridgehead atoms. The van der Waals surface area contributed by atoms with Crippen LogP contribution in [0.5, 0.6) is 0 Å². The number of carbonyl (C=O) groups is 1. The molecule has 1 saturated heterocycles. The zero-order valence-electron chi connectivity index (χ0n) is 11.4. The van der Waals surface area contributed by atoms with Gasteiger partial charge in [0.05, 0.1) is 5.75 Å². The van der Waals surface area contributed by atoms with Crippen molar-refractivity contribution in [1.82, 2.24) is 4.90 Å². The Balaban J connectivity index is 1.88. The Kier molecular flexibility index (Phi) is 4.65. The molecule has 0 aliphatic carbocycles. The van der Waals surface area contributed by atoms with Crippen LogP contribution >= 0.6 is 11.8 Å². The van der Waals surface area contributed by atoms with E-state index in [-0.39, 0.29) is 17.1 Å². The summed E-state index contributed by atoms with van der Waals surface area (Å²) in [7, 11) is 0. The van der Waals surface area contributed by atoms with Crippen molar-refractivity contribution in [3.63, 3.8) is 0 Å². The van der Waals surface area contributed by atoms with Crippen molar-refractivity contribution in [3.05, 3.63) is 29.8 Å². The summed E-state index contributed by atoms with van der Waals surface area (Å²) in [5, 5.41) is 0. The minimum absolute atomic E-state index is 0.00229. The Morgan fingerprint density at radius 1 is 1.45 bits per heavy atom. The maximum Gasteiger partial charge on any atom is 0.232 e. The summed E-state index contributed by atoms with van der Waals surface area (Å²) in [6.07, 6.45) is 0.908. The molecule has 2 rings (SSSR count). The van der Waals surface area contributed by atoms with Gasteiger partial charge in [0, 0.05) is 18.0 Å². The number of likely N-dealkylation sites (tertiary alicyclic amines) is 1. The molecule has 1 fully saturated rings. The van der Waals surface area contributed by atoms with Crippen LogP contribution in [0.25, 0.3) is 0 Å². The summed E-state index contributed by atoms with van der Waals surface area (Å²) < 4.78 is 25.9. The van der Waals surface area contributed by atoms with Crippen LogP contribution in [0.1, 0.15) is 13.3 Å². The van der Waals surface area contributed by atoms with E-state index >= 15 is 0 Å². The summed E-state index contributed by atoms with van der Waals surface area (Å²) in [6, 6.07) is 3.66. The minimum atomic E-state index is -0.890. The van der Waals surface area contributed by atoms with Crippen LogP contribution in [0.4, 0.5) is 8.78 Å². The summed E-state index contributed by atoms with van der Waals surface area (Å²) >= 11 is 1.22. The van der Waals surface area contributed by atoms with E-state index in [2.05, 4.69) is 6.92 Å². The average molecular weight is 300 g/mol. The number of amides is 1.